The number of carbonyl (C=O) groups excluding carboxylic acids is 4. The number of amides is 2. The highest BCUT2D eigenvalue weighted by Crippen LogP contribution is 2.27. The molecular formula is C18H19N3O6. The number of rotatable bonds is 7. The summed E-state index contributed by atoms with van der Waals surface area (Å²) in [7, 11) is 1.43. The van der Waals surface area contributed by atoms with E-state index >= 15 is 0 Å². The highest BCUT2D eigenvalue weighted by molar-refractivity contribution is 5.99. The lowest BCUT2D eigenvalue weighted by Gasteiger charge is -2.12. The summed E-state index contributed by atoms with van der Waals surface area (Å²) in [5, 5.41) is 5.14. The third kappa shape index (κ3) is 5.43. The molecule has 0 aliphatic heterocycles. The molecule has 0 bridgehead atoms. The predicted octanol–water partition coefficient (Wildman–Crippen LogP) is 1.98. The van der Waals surface area contributed by atoms with Crippen LogP contribution in [0.1, 0.15) is 34.7 Å². The number of ether oxygens (including phenoxy) is 2. The lowest BCUT2D eigenvalue weighted by molar-refractivity contribution is -0.119. The van der Waals surface area contributed by atoms with Gasteiger partial charge in [-0.15, -0.1) is 0 Å². The molecule has 0 saturated heterocycles. The van der Waals surface area contributed by atoms with E-state index in [4.69, 9.17) is 9.47 Å². The van der Waals surface area contributed by atoms with Crippen LogP contribution in [0.15, 0.2) is 30.5 Å². The van der Waals surface area contributed by atoms with Crippen molar-refractivity contribution in [1.82, 2.24) is 4.98 Å². The molecule has 9 heteroatoms. The summed E-state index contributed by atoms with van der Waals surface area (Å²) < 4.78 is 10.1. The molecule has 0 fully saturated rings. The molecule has 1 aromatic carbocycles. The first kappa shape index (κ1) is 19.7. The Morgan fingerprint density at radius 2 is 1.81 bits per heavy atom. The maximum atomic E-state index is 12.1. The monoisotopic (exact) mass is 373 g/mol. The third-order valence-electron chi connectivity index (χ3n) is 3.44. The number of benzene rings is 1. The molecule has 0 atom stereocenters. The van der Waals surface area contributed by atoms with E-state index in [9.17, 15) is 19.2 Å². The van der Waals surface area contributed by atoms with Gasteiger partial charge in [0.15, 0.2) is 12.4 Å². The van der Waals surface area contributed by atoms with Crippen molar-refractivity contribution in [3.05, 3.63) is 41.7 Å². The average Bonchev–Trinajstić information content (AvgIpc) is 3.10. The zero-order chi connectivity index (χ0) is 20.0. The van der Waals surface area contributed by atoms with E-state index in [1.165, 1.54) is 39.3 Å². The Labute approximate surface area is 155 Å². The number of methoxy groups -OCH3 is 1. The maximum absolute atomic E-state index is 12.1. The Balaban J connectivity index is 1.99. The van der Waals surface area contributed by atoms with Crippen molar-refractivity contribution < 1.29 is 28.7 Å². The summed E-state index contributed by atoms with van der Waals surface area (Å²) in [6, 6.07) is 6.06. The summed E-state index contributed by atoms with van der Waals surface area (Å²) in [4.78, 5) is 49.0. The summed E-state index contributed by atoms with van der Waals surface area (Å²) in [6.07, 6.45) is 1.39. The zero-order valence-corrected chi connectivity index (χ0v) is 15.0. The molecule has 9 nitrogen and oxygen atoms in total. The molecular weight excluding hydrogens is 354 g/mol. The number of carbonyl (C=O) groups is 4. The van der Waals surface area contributed by atoms with Gasteiger partial charge in [-0.05, 0) is 31.2 Å². The van der Waals surface area contributed by atoms with Gasteiger partial charge in [0, 0.05) is 24.4 Å². The largest absolute Gasteiger partial charge is 0.495 e. The fourth-order valence-electron chi connectivity index (χ4n) is 2.20. The Morgan fingerprint density at radius 3 is 2.41 bits per heavy atom. The normalized spacial score (nSPS) is 10.0. The van der Waals surface area contributed by atoms with Crippen molar-refractivity contribution in [2.75, 3.05) is 24.4 Å². The minimum atomic E-state index is -0.767. The summed E-state index contributed by atoms with van der Waals surface area (Å²) in [5.74, 6) is -1.45. The Morgan fingerprint density at radius 1 is 1.07 bits per heavy atom. The van der Waals surface area contributed by atoms with Crippen LogP contribution >= 0.6 is 0 Å². The Kier molecular flexibility index (Phi) is 6.32. The van der Waals surface area contributed by atoms with Crippen molar-refractivity contribution in [2.24, 2.45) is 0 Å². The number of nitrogens with one attached hydrogen (secondary N) is 3. The van der Waals surface area contributed by atoms with Crippen LogP contribution in [-0.2, 0) is 14.3 Å². The second-order valence-electron chi connectivity index (χ2n) is 5.58. The quantitative estimate of drug-likeness (QED) is 0.503. The number of esters is 1. The second-order valence-corrected chi connectivity index (χ2v) is 5.58. The first-order valence-electron chi connectivity index (χ1n) is 7.92. The van der Waals surface area contributed by atoms with E-state index in [0.717, 1.165) is 0 Å². The molecule has 0 spiro atoms. The van der Waals surface area contributed by atoms with Crippen LogP contribution < -0.4 is 15.4 Å². The minimum absolute atomic E-state index is 0.0678. The van der Waals surface area contributed by atoms with Crippen LogP contribution in [0, 0.1) is 0 Å². The van der Waals surface area contributed by atoms with Crippen LogP contribution in [0.4, 0.5) is 11.4 Å². The first-order valence-corrected chi connectivity index (χ1v) is 7.92. The van der Waals surface area contributed by atoms with Gasteiger partial charge in [0.05, 0.1) is 12.8 Å². The summed E-state index contributed by atoms with van der Waals surface area (Å²) in [6.45, 7) is 2.19. The topological polar surface area (TPSA) is 127 Å². The molecule has 3 N–H and O–H groups in total. The molecule has 2 aromatic rings. The number of aromatic amines is 1. The van der Waals surface area contributed by atoms with Crippen molar-refractivity contribution in [2.45, 2.75) is 13.8 Å². The number of hydrogen-bond donors (Lipinski definition) is 3. The van der Waals surface area contributed by atoms with Gasteiger partial charge in [0.1, 0.15) is 11.4 Å². The average molecular weight is 373 g/mol. The molecule has 1 aromatic heterocycles. The highest BCUT2D eigenvalue weighted by Gasteiger charge is 2.15. The zero-order valence-electron chi connectivity index (χ0n) is 15.0. The van der Waals surface area contributed by atoms with Gasteiger partial charge in [0.2, 0.25) is 5.91 Å². The summed E-state index contributed by atoms with van der Waals surface area (Å²) in [5.41, 5.74) is 1.19. The van der Waals surface area contributed by atoms with Crippen LogP contribution in [-0.4, -0.2) is 42.3 Å². The van der Waals surface area contributed by atoms with Crippen LogP contribution in [0.2, 0.25) is 0 Å². The number of Topliss-reactive ketones (excluding diaryl/α,β-unsaturated/α-hetero) is 1. The van der Waals surface area contributed by atoms with Crippen molar-refractivity contribution in [3.63, 3.8) is 0 Å². The molecule has 2 amide bonds. The molecule has 0 aliphatic carbocycles. The Bertz CT molecular complexity index is 887. The molecule has 27 heavy (non-hydrogen) atoms. The van der Waals surface area contributed by atoms with E-state index in [1.807, 2.05) is 0 Å². The highest BCUT2D eigenvalue weighted by atomic mass is 16.5. The number of ketones is 1. The van der Waals surface area contributed by atoms with Crippen molar-refractivity contribution in [1.29, 1.82) is 0 Å². The number of anilines is 2. The lowest BCUT2D eigenvalue weighted by atomic mass is 10.2. The number of hydrogen-bond acceptors (Lipinski definition) is 6. The van der Waals surface area contributed by atoms with Crippen molar-refractivity contribution in [3.8, 4) is 5.75 Å². The predicted molar refractivity (Wildman–Crippen MR) is 97.0 cm³/mol. The molecule has 0 saturated carbocycles. The summed E-state index contributed by atoms with van der Waals surface area (Å²) >= 11 is 0. The first-order chi connectivity index (χ1) is 12.8. The van der Waals surface area contributed by atoms with E-state index in [1.54, 1.807) is 12.1 Å². The molecule has 0 radical (unpaired) electrons. The number of aromatic nitrogens is 1. The van der Waals surface area contributed by atoms with Gasteiger partial charge in [-0.1, -0.05) is 0 Å². The van der Waals surface area contributed by atoms with Gasteiger partial charge in [0.25, 0.3) is 5.91 Å². The maximum Gasteiger partial charge on any atom is 0.355 e. The minimum Gasteiger partial charge on any atom is -0.495 e. The molecule has 0 aliphatic rings. The van der Waals surface area contributed by atoms with Gasteiger partial charge < -0.3 is 25.1 Å². The number of H-pyrrole nitrogens is 1. The Hall–Kier alpha value is -3.62. The van der Waals surface area contributed by atoms with Gasteiger partial charge >= 0.3 is 5.97 Å². The third-order valence-corrected chi connectivity index (χ3v) is 3.44. The smallest absolute Gasteiger partial charge is 0.355 e. The van der Waals surface area contributed by atoms with Gasteiger partial charge in [-0.3, -0.25) is 14.4 Å². The van der Waals surface area contributed by atoms with Gasteiger partial charge in [-0.25, -0.2) is 4.79 Å². The lowest BCUT2D eigenvalue weighted by Crippen LogP contribution is -2.21. The van der Waals surface area contributed by atoms with E-state index in [0.29, 0.717) is 22.7 Å². The van der Waals surface area contributed by atoms with E-state index in [-0.39, 0.29) is 17.4 Å². The van der Waals surface area contributed by atoms with Crippen LogP contribution in [0.5, 0.6) is 5.75 Å². The molecule has 2 rings (SSSR count). The second kappa shape index (κ2) is 8.65. The fourth-order valence-corrected chi connectivity index (χ4v) is 2.20. The van der Waals surface area contributed by atoms with Crippen LogP contribution in [0.3, 0.4) is 0 Å². The molecule has 142 valence electrons. The molecule has 1 heterocycles. The standard InChI is InChI=1S/C18H19N3O6/c1-10(22)12-6-15(19-8-12)18(25)27-9-17(24)21-14-7-13(20-11(2)23)4-5-16(14)26-3/h4-8,19H,9H2,1-3H3,(H,20,23)(H,21,24). The van der Waals surface area contributed by atoms with Crippen LogP contribution in [0.25, 0.3) is 0 Å². The SMILES string of the molecule is COc1ccc(NC(C)=O)cc1NC(=O)COC(=O)c1cc(C(C)=O)c[nH]1. The fraction of sp³-hybridized carbons (Fsp3) is 0.222. The van der Waals surface area contributed by atoms with E-state index in [2.05, 4.69) is 15.6 Å². The van der Waals surface area contributed by atoms with Gasteiger partial charge in [-0.2, -0.15) is 0 Å². The molecule has 0 unspecified atom stereocenters. The van der Waals surface area contributed by atoms with Crippen molar-refractivity contribution >= 4 is 34.9 Å². The van der Waals surface area contributed by atoms with E-state index < -0.39 is 18.5 Å².